The Hall–Kier alpha value is -0.610. The molecule has 1 fully saturated rings. The number of hydroxylamine groups is 1. The molecule has 0 aliphatic heterocycles. The van der Waals surface area contributed by atoms with Crippen LogP contribution in [0.3, 0.4) is 0 Å². The van der Waals surface area contributed by atoms with Crippen LogP contribution >= 0.6 is 11.6 Å². The lowest BCUT2D eigenvalue weighted by Gasteiger charge is -2.18. The van der Waals surface area contributed by atoms with E-state index in [1.807, 2.05) is 12.1 Å². The molecule has 3 nitrogen and oxygen atoms in total. The second-order valence-electron chi connectivity index (χ2n) is 4.33. The van der Waals surface area contributed by atoms with Crippen molar-refractivity contribution < 1.29 is 9.57 Å². The van der Waals surface area contributed by atoms with Crippen molar-refractivity contribution in [1.82, 2.24) is 5.48 Å². The average molecular weight is 256 g/mol. The summed E-state index contributed by atoms with van der Waals surface area (Å²) in [6.45, 7) is 1.16. The number of hydrogen-bond donors (Lipinski definition) is 1. The van der Waals surface area contributed by atoms with Crippen molar-refractivity contribution in [3.63, 3.8) is 0 Å². The Morgan fingerprint density at radius 1 is 1.29 bits per heavy atom. The zero-order valence-corrected chi connectivity index (χ0v) is 10.7. The van der Waals surface area contributed by atoms with Gasteiger partial charge in [-0.3, -0.25) is 4.84 Å². The van der Waals surface area contributed by atoms with Gasteiger partial charge in [0.25, 0.3) is 0 Å². The molecule has 0 spiro atoms. The van der Waals surface area contributed by atoms with E-state index in [9.17, 15) is 0 Å². The van der Waals surface area contributed by atoms with Crippen molar-refractivity contribution in [2.45, 2.75) is 18.9 Å². The van der Waals surface area contributed by atoms with Crippen LogP contribution in [0.5, 0.6) is 0 Å². The van der Waals surface area contributed by atoms with Crippen molar-refractivity contribution in [2.75, 3.05) is 20.3 Å². The number of methoxy groups -OCH3 is 1. The van der Waals surface area contributed by atoms with Gasteiger partial charge in [0.15, 0.2) is 0 Å². The zero-order valence-electron chi connectivity index (χ0n) is 9.99. The summed E-state index contributed by atoms with van der Waals surface area (Å²) in [6, 6.07) is 8.21. The van der Waals surface area contributed by atoms with E-state index in [2.05, 4.69) is 17.6 Å². The third-order valence-corrected chi connectivity index (χ3v) is 3.17. The van der Waals surface area contributed by atoms with Crippen LogP contribution in [-0.4, -0.2) is 20.3 Å². The molecule has 0 amide bonds. The molecule has 0 bridgehead atoms. The molecule has 0 heterocycles. The van der Waals surface area contributed by atoms with E-state index >= 15 is 0 Å². The Balaban J connectivity index is 1.90. The average Bonchev–Trinajstić information content (AvgIpc) is 3.15. The van der Waals surface area contributed by atoms with E-state index in [0.717, 1.165) is 5.02 Å². The standard InChI is InChI=1S/C13H18ClNO2/c1-16-8-9-17-15-13(10-2-3-10)11-4-6-12(14)7-5-11/h4-7,10,13,15H,2-3,8-9H2,1H3. The minimum absolute atomic E-state index is 0.268. The van der Waals surface area contributed by atoms with Crippen LogP contribution in [0, 0.1) is 5.92 Å². The van der Waals surface area contributed by atoms with Gasteiger partial charge in [0.1, 0.15) is 0 Å². The lowest BCUT2D eigenvalue weighted by molar-refractivity contribution is -0.0165. The molecule has 4 heteroatoms. The number of ether oxygens (including phenoxy) is 1. The summed E-state index contributed by atoms with van der Waals surface area (Å²) in [6.07, 6.45) is 2.52. The van der Waals surface area contributed by atoms with Gasteiger partial charge in [-0.1, -0.05) is 23.7 Å². The maximum Gasteiger partial charge on any atom is 0.0916 e. The fourth-order valence-electron chi connectivity index (χ4n) is 1.81. The van der Waals surface area contributed by atoms with Crippen molar-refractivity contribution in [1.29, 1.82) is 0 Å². The monoisotopic (exact) mass is 255 g/mol. The number of rotatable bonds is 7. The third kappa shape index (κ3) is 3.96. The van der Waals surface area contributed by atoms with E-state index in [1.54, 1.807) is 7.11 Å². The normalized spacial score (nSPS) is 17.1. The second kappa shape index (κ2) is 6.36. The van der Waals surface area contributed by atoms with Gasteiger partial charge >= 0.3 is 0 Å². The molecule has 0 saturated heterocycles. The van der Waals surface area contributed by atoms with E-state index < -0.39 is 0 Å². The smallest absolute Gasteiger partial charge is 0.0916 e. The highest BCUT2D eigenvalue weighted by Crippen LogP contribution is 2.41. The highest BCUT2D eigenvalue weighted by molar-refractivity contribution is 6.30. The molecule has 2 rings (SSSR count). The predicted molar refractivity (Wildman–Crippen MR) is 67.9 cm³/mol. The van der Waals surface area contributed by atoms with Crippen LogP contribution in [0.1, 0.15) is 24.4 Å². The summed E-state index contributed by atoms with van der Waals surface area (Å²) in [5, 5.41) is 0.767. The van der Waals surface area contributed by atoms with Gasteiger partial charge in [-0.15, -0.1) is 0 Å². The SMILES string of the molecule is COCCONC(c1ccc(Cl)cc1)C1CC1. The molecule has 1 unspecified atom stereocenters. The van der Waals surface area contributed by atoms with E-state index in [-0.39, 0.29) is 6.04 Å². The molecule has 1 saturated carbocycles. The van der Waals surface area contributed by atoms with Crippen LogP contribution in [0.25, 0.3) is 0 Å². The highest BCUT2D eigenvalue weighted by atomic mass is 35.5. The Bertz CT molecular complexity index is 338. The quantitative estimate of drug-likeness (QED) is 0.600. The van der Waals surface area contributed by atoms with Gasteiger partial charge in [-0.25, -0.2) is 0 Å². The largest absolute Gasteiger partial charge is 0.382 e. The molecule has 1 aromatic rings. The van der Waals surface area contributed by atoms with Crippen LogP contribution < -0.4 is 5.48 Å². The summed E-state index contributed by atoms with van der Waals surface area (Å²) in [5.41, 5.74) is 4.36. The van der Waals surface area contributed by atoms with Crippen molar-refractivity contribution >= 4 is 11.6 Å². The molecule has 1 N–H and O–H groups in total. The minimum atomic E-state index is 0.268. The summed E-state index contributed by atoms with van der Waals surface area (Å²) < 4.78 is 4.94. The molecule has 1 aliphatic carbocycles. The lowest BCUT2D eigenvalue weighted by Crippen LogP contribution is -2.25. The topological polar surface area (TPSA) is 30.5 Å². The first-order valence-electron chi connectivity index (χ1n) is 5.93. The fourth-order valence-corrected chi connectivity index (χ4v) is 1.94. The maximum atomic E-state index is 5.89. The molecule has 1 aromatic carbocycles. The van der Waals surface area contributed by atoms with Gasteiger partial charge < -0.3 is 4.74 Å². The van der Waals surface area contributed by atoms with Crippen LogP contribution in [-0.2, 0) is 9.57 Å². The van der Waals surface area contributed by atoms with Gasteiger partial charge in [-0.05, 0) is 36.5 Å². The number of halogens is 1. The molecule has 1 atom stereocenters. The Morgan fingerprint density at radius 3 is 2.59 bits per heavy atom. The summed E-state index contributed by atoms with van der Waals surface area (Å²) in [5.74, 6) is 0.679. The maximum absolute atomic E-state index is 5.89. The van der Waals surface area contributed by atoms with Crippen molar-refractivity contribution in [2.24, 2.45) is 5.92 Å². The third-order valence-electron chi connectivity index (χ3n) is 2.92. The Morgan fingerprint density at radius 2 is 2.00 bits per heavy atom. The van der Waals surface area contributed by atoms with Crippen LogP contribution in [0.15, 0.2) is 24.3 Å². The van der Waals surface area contributed by atoms with Crippen molar-refractivity contribution in [3.8, 4) is 0 Å². The van der Waals surface area contributed by atoms with Gasteiger partial charge in [0.05, 0.1) is 19.3 Å². The summed E-state index contributed by atoms with van der Waals surface area (Å²) in [7, 11) is 1.67. The second-order valence-corrected chi connectivity index (χ2v) is 4.76. The lowest BCUT2D eigenvalue weighted by atomic mass is 10.0. The first-order valence-corrected chi connectivity index (χ1v) is 6.31. The number of nitrogens with one attached hydrogen (secondary N) is 1. The first-order chi connectivity index (χ1) is 8.31. The van der Waals surface area contributed by atoms with Crippen LogP contribution in [0.2, 0.25) is 5.02 Å². The molecule has 0 aromatic heterocycles. The number of hydrogen-bond acceptors (Lipinski definition) is 3. The molecule has 0 radical (unpaired) electrons. The first kappa shape index (κ1) is 12.8. The number of benzene rings is 1. The molecule has 17 heavy (non-hydrogen) atoms. The predicted octanol–water partition coefficient (Wildman–Crippen LogP) is 2.96. The highest BCUT2D eigenvalue weighted by Gasteiger charge is 2.32. The Kier molecular flexibility index (Phi) is 4.80. The molecule has 1 aliphatic rings. The van der Waals surface area contributed by atoms with Crippen molar-refractivity contribution in [3.05, 3.63) is 34.9 Å². The zero-order chi connectivity index (χ0) is 12.1. The minimum Gasteiger partial charge on any atom is -0.382 e. The van der Waals surface area contributed by atoms with E-state index in [1.165, 1.54) is 18.4 Å². The summed E-state index contributed by atoms with van der Waals surface area (Å²) in [4.78, 5) is 5.41. The fraction of sp³-hybridized carbons (Fsp3) is 0.538. The summed E-state index contributed by atoms with van der Waals surface area (Å²) >= 11 is 5.89. The van der Waals surface area contributed by atoms with Gasteiger partial charge in [-0.2, -0.15) is 5.48 Å². The van der Waals surface area contributed by atoms with E-state index in [0.29, 0.717) is 19.1 Å². The van der Waals surface area contributed by atoms with Crippen LogP contribution in [0.4, 0.5) is 0 Å². The van der Waals surface area contributed by atoms with Gasteiger partial charge in [0.2, 0.25) is 0 Å². The van der Waals surface area contributed by atoms with Gasteiger partial charge in [0, 0.05) is 12.1 Å². The molecular weight excluding hydrogens is 238 g/mol. The molecule has 94 valence electrons. The Labute approximate surface area is 107 Å². The van der Waals surface area contributed by atoms with E-state index in [4.69, 9.17) is 21.2 Å². The molecular formula is C13H18ClNO2.